The van der Waals surface area contributed by atoms with Crippen LogP contribution in [-0.2, 0) is 23.1 Å². The lowest BCUT2D eigenvalue weighted by Crippen LogP contribution is -2.03. The van der Waals surface area contributed by atoms with Gasteiger partial charge in [-0.15, -0.1) is 0 Å². The summed E-state index contributed by atoms with van der Waals surface area (Å²) < 4.78 is 24.5. The van der Waals surface area contributed by atoms with E-state index in [-0.39, 0.29) is 5.82 Å². The molecule has 0 bridgehead atoms. The zero-order valence-electron chi connectivity index (χ0n) is 11.6. The smallest absolute Gasteiger partial charge is 0.123 e. The normalized spacial score (nSPS) is 11.7. The summed E-state index contributed by atoms with van der Waals surface area (Å²) in [5.74, 6) is 0.139. The molecular weight excluding hydrogens is 287 g/mol. The lowest BCUT2D eigenvalue weighted by atomic mass is 10.1. The van der Waals surface area contributed by atoms with Gasteiger partial charge in [0.05, 0.1) is 11.6 Å². The van der Waals surface area contributed by atoms with E-state index in [0.29, 0.717) is 23.4 Å². The van der Waals surface area contributed by atoms with Gasteiger partial charge >= 0.3 is 0 Å². The van der Waals surface area contributed by atoms with Crippen LogP contribution in [0.2, 0.25) is 0 Å². The maximum absolute atomic E-state index is 13.2. The first-order chi connectivity index (χ1) is 10.1. The Balaban J connectivity index is 2.11. The van der Waals surface area contributed by atoms with E-state index in [1.165, 1.54) is 18.2 Å². The molecular formula is C16H15FN2OS. The second-order valence-electron chi connectivity index (χ2n) is 4.68. The molecule has 0 aliphatic carbocycles. The molecule has 0 heterocycles. The molecule has 1 atom stereocenters. The average molecular weight is 302 g/mol. The fourth-order valence-electron chi connectivity index (χ4n) is 2.02. The minimum Gasteiger partial charge on any atom is -0.381 e. The van der Waals surface area contributed by atoms with Gasteiger partial charge in [-0.05, 0) is 41.5 Å². The number of nitrogens with one attached hydrogen (secondary N) is 1. The van der Waals surface area contributed by atoms with Gasteiger partial charge in [-0.25, -0.2) is 4.39 Å². The molecule has 0 fully saturated rings. The van der Waals surface area contributed by atoms with Crippen molar-refractivity contribution in [3.05, 3.63) is 65.0 Å². The van der Waals surface area contributed by atoms with Crippen LogP contribution in [0, 0.1) is 17.1 Å². The molecule has 21 heavy (non-hydrogen) atoms. The van der Waals surface area contributed by atoms with Gasteiger partial charge in [-0.1, -0.05) is 12.1 Å². The fraction of sp³-hybridized carbons (Fsp3) is 0.188. The maximum atomic E-state index is 13.2. The quantitative estimate of drug-likeness (QED) is 0.923. The van der Waals surface area contributed by atoms with Crippen molar-refractivity contribution in [2.75, 3.05) is 11.6 Å². The number of rotatable bonds is 5. The molecule has 2 aromatic rings. The molecule has 0 saturated heterocycles. The first kappa shape index (κ1) is 15.2. The molecule has 0 aromatic heterocycles. The Labute approximate surface area is 125 Å². The maximum Gasteiger partial charge on any atom is 0.123 e. The summed E-state index contributed by atoms with van der Waals surface area (Å²) in [4.78, 5) is 0. The second-order valence-corrected chi connectivity index (χ2v) is 6.12. The molecule has 108 valence electrons. The molecule has 0 aliphatic heterocycles. The van der Waals surface area contributed by atoms with E-state index in [1.54, 1.807) is 6.26 Å². The van der Waals surface area contributed by atoms with Crippen LogP contribution in [0.25, 0.3) is 0 Å². The van der Waals surface area contributed by atoms with Crippen LogP contribution >= 0.6 is 0 Å². The van der Waals surface area contributed by atoms with Crippen LogP contribution in [0.3, 0.4) is 0 Å². The number of anilines is 1. The second kappa shape index (κ2) is 7.00. The Morgan fingerprint density at radius 2 is 2.10 bits per heavy atom. The summed E-state index contributed by atoms with van der Waals surface area (Å²) >= 11 is 0. The zero-order chi connectivity index (χ0) is 15.2. The minimum absolute atomic E-state index is 0.360. The van der Waals surface area contributed by atoms with E-state index >= 15 is 0 Å². The number of halogens is 1. The largest absolute Gasteiger partial charge is 0.381 e. The Hall–Kier alpha value is -2.19. The third-order valence-electron chi connectivity index (χ3n) is 2.97. The van der Waals surface area contributed by atoms with E-state index in [0.717, 1.165) is 11.3 Å². The number of hydrogen-bond acceptors (Lipinski definition) is 3. The SMILES string of the molecule is C[S@@](=O)Cc1cccc(NCc2cc(F)ccc2C#N)c1. The van der Waals surface area contributed by atoms with E-state index in [4.69, 9.17) is 5.26 Å². The summed E-state index contributed by atoms with van der Waals surface area (Å²) in [5, 5.41) is 12.2. The molecule has 0 spiro atoms. The average Bonchev–Trinajstić information content (AvgIpc) is 2.45. The van der Waals surface area contributed by atoms with Crippen LogP contribution in [0.4, 0.5) is 10.1 Å². The predicted octanol–water partition coefficient (Wildman–Crippen LogP) is 3.19. The van der Waals surface area contributed by atoms with Crippen molar-refractivity contribution in [2.45, 2.75) is 12.3 Å². The van der Waals surface area contributed by atoms with Gasteiger partial charge in [-0.2, -0.15) is 5.26 Å². The molecule has 0 unspecified atom stereocenters. The monoisotopic (exact) mass is 302 g/mol. The number of nitriles is 1. The lowest BCUT2D eigenvalue weighted by Gasteiger charge is -2.09. The molecule has 2 aromatic carbocycles. The Bertz CT molecular complexity index is 710. The van der Waals surface area contributed by atoms with Crippen molar-refractivity contribution < 1.29 is 8.60 Å². The van der Waals surface area contributed by atoms with Gasteiger partial charge in [0.2, 0.25) is 0 Å². The van der Waals surface area contributed by atoms with Gasteiger partial charge in [0.15, 0.2) is 0 Å². The molecule has 1 N–H and O–H groups in total. The zero-order valence-corrected chi connectivity index (χ0v) is 12.4. The third kappa shape index (κ3) is 4.40. The van der Waals surface area contributed by atoms with Gasteiger partial charge in [0.1, 0.15) is 5.82 Å². The summed E-state index contributed by atoms with van der Waals surface area (Å²) in [6.45, 7) is 0.360. The van der Waals surface area contributed by atoms with Crippen LogP contribution in [0.5, 0.6) is 0 Å². The fourth-order valence-corrected chi connectivity index (χ4v) is 2.67. The van der Waals surface area contributed by atoms with E-state index in [1.807, 2.05) is 30.3 Å². The molecule has 3 nitrogen and oxygen atoms in total. The van der Waals surface area contributed by atoms with Crippen molar-refractivity contribution in [1.82, 2.24) is 0 Å². The van der Waals surface area contributed by atoms with E-state index in [2.05, 4.69) is 5.32 Å². The van der Waals surface area contributed by atoms with Crippen LogP contribution < -0.4 is 5.32 Å². The van der Waals surface area contributed by atoms with Gasteiger partial charge in [0.25, 0.3) is 0 Å². The Kier molecular flexibility index (Phi) is 5.07. The molecule has 0 saturated carbocycles. The van der Waals surface area contributed by atoms with Crippen molar-refractivity contribution in [3.8, 4) is 6.07 Å². The van der Waals surface area contributed by atoms with Gasteiger partial charge < -0.3 is 5.32 Å². The molecule has 0 aliphatic rings. The van der Waals surface area contributed by atoms with Crippen molar-refractivity contribution in [1.29, 1.82) is 5.26 Å². The predicted molar refractivity (Wildman–Crippen MR) is 82.7 cm³/mol. The first-order valence-corrected chi connectivity index (χ1v) is 8.12. The highest BCUT2D eigenvalue weighted by Crippen LogP contribution is 2.16. The van der Waals surface area contributed by atoms with Crippen LogP contribution in [0.15, 0.2) is 42.5 Å². The van der Waals surface area contributed by atoms with Crippen molar-refractivity contribution in [2.24, 2.45) is 0 Å². The first-order valence-electron chi connectivity index (χ1n) is 6.40. The minimum atomic E-state index is -0.893. The molecule has 5 heteroatoms. The molecule has 0 amide bonds. The number of benzene rings is 2. The number of nitrogens with zero attached hydrogens (tertiary/aromatic N) is 1. The highest BCUT2D eigenvalue weighted by Gasteiger charge is 2.04. The highest BCUT2D eigenvalue weighted by atomic mass is 32.2. The van der Waals surface area contributed by atoms with Gasteiger partial charge in [-0.3, -0.25) is 4.21 Å². The summed E-state index contributed by atoms with van der Waals surface area (Å²) in [6.07, 6.45) is 1.66. The van der Waals surface area contributed by atoms with Gasteiger partial charge in [0, 0.05) is 35.0 Å². The Morgan fingerprint density at radius 1 is 1.29 bits per heavy atom. The lowest BCUT2D eigenvalue weighted by molar-refractivity contribution is 0.625. The van der Waals surface area contributed by atoms with E-state index in [9.17, 15) is 8.60 Å². The number of hydrogen-bond donors (Lipinski definition) is 1. The van der Waals surface area contributed by atoms with Crippen LogP contribution in [0.1, 0.15) is 16.7 Å². The standard InChI is InChI=1S/C16H15FN2OS/c1-21(20)11-12-3-2-4-16(7-12)19-10-14-8-15(17)6-5-13(14)9-18/h2-8,19H,10-11H2,1H3/t21-/m1/s1. The van der Waals surface area contributed by atoms with Crippen molar-refractivity contribution >= 4 is 16.5 Å². The topological polar surface area (TPSA) is 52.9 Å². The Morgan fingerprint density at radius 3 is 2.81 bits per heavy atom. The molecule has 0 radical (unpaired) electrons. The third-order valence-corrected chi connectivity index (χ3v) is 3.71. The van der Waals surface area contributed by atoms with Crippen molar-refractivity contribution in [3.63, 3.8) is 0 Å². The summed E-state index contributed by atoms with van der Waals surface area (Å²) in [5.41, 5.74) is 2.89. The molecule has 2 rings (SSSR count). The van der Waals surface area contributed by atoms with Crippen LogP contribution in [-0.4, -0.2) is 10.5 Å². The summed E-state index contributed by atoms with van der Waals surface area (Å²) in [6, 6.07) is 13.7. The highest BCUT2D eigenvalue weighted by molar-refractivity contribution is 7.83. The summed E-state index contributed by atoms with van der Waals surface area (Å²) in [7, 11) is -0.893. The van der Waals surface area contributed by atoms with E-state index < -0.39 is 10.8 Å².